The van der Waals surface area contributed by atoms with Crippen LogP contribution in [-0.4, -0.2) is 28.0 Å². The normalized spacial score (nSPS) is 11.7. The van der Waals surface area contributed by atoms with Gasteiger partial charge in [-0.3, -0.25) is 5.32 Å². The molecule has 7 heteroatoms. The zero-order chi connectivity index (χ0) is 20.9. The number of anilines is 2. The Kier molecular flexibility index (Phi) is 5.52. The Morgan fingerprint density at radius 1 is 0.933 bits per heavy atom. The van der Waals surface area contributed by atoms with E-state index in [0.29, 0.717) is 5.82 Å². The second kappa shape index (κ2) is 8.57. The van der Waals surface area contributed by atoms with Crippen LogP contribution in [0.4, 0.5) is 16.4 Å². The van der Waals surface area contributed by atoms with Gasteiger partial charge in [-0.2, -0.15) is 0 Å². The molecular formula is C23H22N6O. The number of hydrogen-bond acceptors (Lipinski definition) is 5. The van der Waals surface area contributed by atoms with E-state index in [9.17, 15) is 4.79 Å². The summed E-state index contributed by atoms with van der Waals surface area (Å²) in [6, 6.07) is 19.8. The molecule has 1 atom stereocenters. The predicted molar refractivity (Wildman–Crippen MR) is 119 cm³/mol. The molecule has 2 aromatic heterocycles. The minimum absolute atomic E-state index is 0.102. The van der Waals surface area contributed by atoms with Crippen molar-refractivity contribution in [3.63, 3.8) is 0 Å². The molecule has 3 N–H and O–H groups in total. The van der Waals surface area contributed by atoms with Crippen LogP contribution in [0.3, 0.4) is 0 Å². The first-order valence-electron chi connectivity index (χ1n) is 9.65. The van der Waals surface area contributed by atoms with Gasteiger partial charge in [0.25, 0.3) is 0 Å². The van der Waals surface area contributed by atoms with Crippen LogP contribution in [0.5, 0.6) is 0 Å². The van der Waals surface area contributed by atoms with Crippen molar-refractivity contribution in [2.75, 3.05) is 17.7 Å². The molecule has 1 unspecified atom stereocenters. The number of pyridine rings is 1. The zero-order valence-corrected chi connectivity index (χ0v) is 16.8. The first-order valence-corrected chi connectivity index (χ1v) is 9.65. The highest BCUT2D eigenvalue weighted by atomic mass is 16.2. The molecule has 30 heavy (non-hydrogen) atoms. The second-order valence-corrected chi connectivity index (χ2v) is 6.87. The highest BCUT2D eigenvalue weighted by molar-refractivity contribution is 5.93. The Morgan fingerprint density at radius 2 is 1.73 bits per heavy atom. The summed E-state index contributed by atoms with van der Waals surface area (Å²) in [5, 5.41) is 9.59. The maximum Gasteiger partial charge on any atom is 0.320 e. The van der Waals surface area contributed by atoms with E-state index in [2.05, 4.69) is 56.0 Å². The minimum Gasteiger partial charge on any atom is -0.363 e. The van der Waals surface area contributed by atoms with Crippen LogP contribution in [0.2, 0.25) is 0 Å². The van der Waals surface area contributed by atoms with E-state index in [-0.39, 0.29) is 12.1 Å². The van der Waals surface area contributed by atoms with Gasteiger partial charge in [0.15, 0.2) is 0 Å². The van der Waals surface area contributed by atoms with Crippen molar-refractivity contribution >= 4 is 28.6 Å². The molecule has 150 valence electrons. The predicted octanol–water partition coefficient (Wildman–Crippen LogP) is 4.62. The lowest BCUT2D eigenvalue weighted by molar-refractivity contribution is 0.254. The fourth-order valence-electron chi connectivity index (χ4n) is 3.20. The van der Waals surface area contributed by atoms with Crippen molar-refractivity contribution in [1.82, 2.24) is 20.3 Å². The molecular weight excluding hydrogens is 376 g/mol. The van der Waals surface area contributed by atoms with Crippen LogP contribution >= 0.6 is 0 Å². The van der Waals surface area contributed by atoms with Gasteiger partial charge in [0.05, 0.1) is 5.52 Å². The lowest BCUT2D eigenvalue weighted by Gasteiger charge is -2.16. The number of carbonyl (C=O) groups excluding carboxylic acids is 1. The van der Waals surface area contributed by atoms with E-state index >= 15 is 0 Å². The summed E-state index contributed by atoms with van der Waals surface area (Å²) in [7, 11) is 1.56. The molecule has 0 fully saturated rings. The topological polar surface area (TPSA) is 91.8 Å². The number of nitrogens with one attached hydrogen (secondary N) is 3. The van der Waals surface area contributed by atoms with Crippen LogP contribution < -0.4 is 16.0 Å². The summed E-state index contributed by atoms with van der Waals surface area (Å²) in [4.78, 5) is 24.6. The summed E-state index contributed by atoms with van der Waals surface area (Å²) >= 11 is 0. The van der Waals surface area contributed by atoms with E-state index in [1.165, 1.54) is 5.56 Å². The number of rotatable bonds is 5. The maximum atomic E-state index is 11.4. The molecule has 0 radical (unpaired) electrons. The van der Waals surface area contributed by atoms with E-state index in [1.807, 2.05) is 36.4 Å². The number of carbonyl (C=O) groups is 1. The molecule has 4 aromatic rings. The molecule has 0 saturated heterocycles. The zero-order valence-electron chi connectivity index (χ0n) is 16.8. The van der Waals surface area contributed by atoms with Gasteiger partial charge >= 0.3 is 6.03 Å². The Balaban J connectivity index is 1.63. The molecule has 4 rings (SSSR count). The van der Waals surface area contributed by atoms with E-state index in [4.69, 9.17) is 0 Å². The number of aromatic nitrogens is 3. The van der Waals surface area contributed by atoms with Gasteiger partial charge in [-0.15, -0.1) is 0 Å². The summed E-state index contributed by atoms with van der Waals surface area (Å²) in [5.41, 5.74) is 3.98. The molecule has 0 saturated carbocycles. The third kappa shape index (κ3) is 4.20. The van der Waals surface area contributed by atoms with Crippen molar-refractivity contribution in [3.8, 4) is 11.1 Å². The van der Waals surface area contributed by atoms with Crippen molar-refractivity contribution in [2.45, 2.75) is 13.0 Å². The standard InChI is InChI=1S/C23H22N6O/c1-15(16-6-4-3-5-7-16)28-22-19-12-17(8-10-20(19)26-14-27-22)18-9-11-21(25-13-18)29-23(30)24-2/h3-15H,1-2H3,(H,26,27,28)(H2,24,25,29,30). The fraction of sp³-hybridized carbons (Fsp3) is 0.130. The van der Waals surface area contributed by atoms with Gasteiger partial charge in [0, 0.05) is 30.2 Å². The van der Waals surface area contributed by atoms with Crippen LogP contribution in [-0.2, 0) is 0 Å². The number of hydrogen-bond donors (Lipinski definition) is 3. The van der Waals surface area contributed by atoms with E-state index in [0.717, 1.165) is 27.8 Å². The van der Waals surface area contributed by atoms with Crippen molar-refractivity contribution in [1.29, 1.82) is 0 Å². The largest absolute Gasteiger partial charge is 0.363 e. The van der Waals surface area contributed by atoms with E-state index in [1.54, 1.807) is 25.6 Å². The Morgan fingerprint density at radius 3 is 2.47 bits per heavy atom. The SMILES string of the molecule is CNC(=O)Nc1ccc(-c2ccc3ncnc(NC(C)c4ccccc4)c3c2)cn1. The number of urea groups is 1. The molecule has 0 aliphatic rings. The summed E-state index contributed by atoms with van der Waals surface area (Å²) in [5.74, 6) is 1.27. The average molecular weight is 398 g/mol. The Bertz CT molecular complexity index is 1160. The van der Waals surface area contributed by atoms with Crippen molar-refractivity contribution in [3.05, 3.63) is 78.8 Å². The second-order valence-electron chi connectivity index (χ2n) is 6.87. The van der Waals surface area contributed by atoms with Crippen LogP contribution in [0.15, 0.2) is 73.2 Å². The Hall–Kier alpha value is -4.00. The number of benzene rings is 2. The quantitative estimate of drug-likeness (QED) is 0.456. The summed E-state index contributed by atoms with van der Waals surface area (Å²) < 4.78 is 0. The minimum atomic E-state index is -0.304. The molecule has 2 aromatic carbocycles. The smallest absolute Gasteiger partial charge is 0.320 e. The molecule has 0 aliphatic carbocycles. The van der Waals surface area contributed by atoms with Gasteiger partial charge in [0.1, 0.15) is 18.0 Å². The first-order chi connectivity index (χ1) is 14.6. The van der Waals surface area contributed by atoms with Crippen molar-refractivity contribution < 1.29 is 4.79 Å². The highest BCUT2D eigenvalue weighted by Gasteiger charge is 2.11. The third-order valence-electron chi connectivity index (χ3n) is 4.85. The monoisotopic (exact) mass is 398 g/mol. The van der Waals surface area contributed by atoms with Gasteiger partial charge in [-0.25, -0.2) is 19.7 Å². The van der Waals surface area contributed by atoms with Crippen LogP contribution in [0.1, 0.15) is 18.5 Å². The van der Waals surface area contributed by atoms with Crippen LogP contribution in [0, 0.1) is 0 Å². The number of fused-ring (bicyclic) bond motifs is 1. The Labute approximate surface area is 174 Å². The maximum absolute atomic E-state index is 11.4. The molecule has 7 nitrogen and oxygen atoms in total. The molecule has 0 spiro atoms. The fourth-order valence-corrected chi connectivity index (χ4v) is 3.20. The summed E-state index contributed by atoms with van der Waals surface area (Å²) in [6.45, 7) is 2.11. The van der Waals surface area contributed by atoms with Crippen molar-refractivity contribution in [2.24, 2.45) is 0 Å². The lowest BCUT2D eigenvalue weighted by Crippen LogP contribution is -2.24. The summed E-state index contributed by atoms with van der Waals surface area (Å²) in [6.07, 6.45) is 3.30. The van der Waals surface area contributed by atoms with Gasteiger partial charge in [0.2, 0.25) is 0 Å². The lowest BCUT2D eigenvalue weighted by atomic mass is 10.0. The molecule has 0 bridgehead atoms. The highest BCUT2D eigenvalue weighted by Crippen LogP contribution is 2.29. The molecule has 2 heterocycles. The number of amides is 2. The third-order valence-corrected chi connectivity index (χ3v) is 4.85. The van der Waals surface area contributed by atoms with Gasteiger partial charge < -0.3 is 10.6 Å². The first kappa shape index (κ1) is 19.3. The van der Waals surface area contributed by atoms with E-state index < -0.39 is 0 Å². The van der Waals surface area contributed by atoms with Crippen LogP contribution in [0.25, 0.3) is 22.0 Å². The molecule has 0 aliphatic heterocycles. The van der Waals surface area contributed by atoms with Gasteiger partial charge in [-0.1, -0.05) is 36.4 Å². The molecule has 2 amide bonds. The number of nitrogens with zero attached hydrogens (tertiary/aromatic N) is 3. The van der Waals surface area contributed by atoms with Gasteiger partial charge in [-0.05, 0) is 42.3 Å². The average Bonchev–Trinajstić information content (AvgIpc) is 2.80.